The quantitative estimate of drug-likeness (QED) is 0.568. The van der Waals surface area contributed by atoms with Crippen LogP contribution in [0, 0.1) is 5.82 Å². The first-order chi connectivity index (χ1) is 16.8. The lowest BCUT2D eigenvalue weighted by Gasteiger charge is -2.36. The highest BCUT2D eigenvalue weighted by Gasteiger charge is 2.39. The molecule has 0 N–H and O–H groups in total. The first-order valence-electron chi connectivity index (χ1n) is 11.9. The summed E-state index contributed by atoms with van der Waals surface area (Å²) < 4.78 is 53.3. The maximum absolute atomic E-state index is 14.4. The smallest absolute Gasteiger partial charge is 0.263 e. The van der Waals surface area contributed by atoms with E-state index >= 15 is 0 Å². The second-order valence-corrected chi connectivity index (χ2v) is 12.1. The zero-order chi connectivity index (χ0) is 24.6. The minimum atomic E-state index is -3.52. The summed E-state index contributed by atoms with van der Waals surface area (Å²) in [6.07, 6.45) is 4.29. The number of hydrogen-bond acceptors (Lipinski definition) is 9. The second-order valence-electron chi connectivity index (χ2n) is 9.33. The molecule has 0 radical (unpaired) electrons. The molecule has 1 aromatic heterocycles. The number of hydrogen-bond donors (Lipinski definition) is 0. The number of sulfone groups is 1. The van der Waals surface area contributed by atoms with E-state index in [1.165, 1.54) is 23.7 Å². The summed E-state index contributed by atoms with van der Waals surface area (Å²) in [5.41, 5.74) is 0. The molecule has 0 aliphatic carbocycles. The lowest BCUT2D eigenvalue weighted by Crippen LogP contribution is -2.47. The molecule has 0 saturated carbocycles. The summed E-state index contributed by atoms with van der Waals surface area (Å²) in [4.78, 5) is 21.8. The number of benzene rings is 1. The number of piperidine rings is 1. The molecular formula is C23H29FN4O5S2. The second kappa shape index (κ2) is 9.98. The van der Waals surface area contributed by atoms with Crippen molar-refractivity contribution in [1.82, 2.24) is 14.3 Å². The monoisotopic (exact) mass is 524 g/mol. The number of halogens is 1. The Morgan fingerprint density at radius 2 is 1.86 bits per heavy atom. The maximum Gasteiger partial charge on any atom is 0.263 e. The van der Waals surface area contributed by atoms with Gasteiger partial charge in [-0.25, -0.2) is 17.8 Å². The first-order valence-corrected chi connectivity index (χ1v) is 14.6. The molecule has 3 fully saturated rings. The molecule has 1 atom stereocenters. The van der Waals surface area contributed by atoms with Crippen LogP contribution in [0.4, 0.5) is 9.52 Å². The van der Waals surface area contributed by atoms with E-state index in [1.54, 1.807) is 0 Å². The van der Waals surface area contributed by atoms with E-state index in [0.29, 0.717) is 18.9 Å². The van der Waals surface area contributed by atoms with Gasteiger partial charge in [-0.2, -0.15) is 4.37 Å². The molecular weight excluding hydrogens is 495 g/mol. The standard InChI is InChI=1S/C23H29FN4O5S2/c1-35(30,31)17-2-3-19(18(24)14-17)33-20-6-11-28(22(20)29)16-4-9-27(10-5-16)23-25-21(26-34-23)15-7-12-32-13-8-15/h2-3,14-16,20H,4-13H2,1H3. The Morgan fingerprint density at radius 1 is 1.11 bits per heavy atom. The molecule has 3 aliphatic rings. The summed E-state index contributed by atoms with van der Waals surface area (Å²) in [7, 11) is -3.52. The number of anilines is 1. The molecule has 4 heterocycles. The van der Waals surface area contributed by atoms with Gasteiger partial charge < -0.3 is 19.3 Å². The largest absolute Gasteiger partial charge is 0.477 e. The number of ether oxygens (including phenoxy) is 2. The first kappa shape index (κ1) is 24.4. The van der Waals surface area contributed by atoms with Crippen LogP contribution in [-0.2, 0) is 19.4 Å². The van der Waals surface area contributed by atoms with Gasteiger partial charge in [0.05, 0.1) is 4.90 Å². The number of nitrogens with zero attached hydrogens (tertiary/aromatic N) is 4. The third-order valence-corrected chi connectivity index (χ3v) is 8.89. The molecule has 1 aromatic carbocycles. The van der Waals surface area contributed by atoms with Crippen molar-refractivity contribution < 1.29 is 27.1 Å². The fourth-order valence-electron chi connectivity index (χ4n) is 4.95. The van der Waals surface area contributed by atoms with E-state index in [2.05, 4.69) is 9.27 Å². The highest BCUT2D eigenvalue weighted by atomic mass is 32.2. The van der Waals surface area contributed by atoms with Gasteiger partial charge in [0.2, 0.25) is 5.13 Å². The van der Waals surface area contributed by atoms with Crippen LogP contribution in [0.5, 0.6) is 5.75 Å². The average Bonchev–Trinajstić information content (AvgIpc) is 3.48. The maximum atomic E-state index is 14.4. The fraction of sp³-hybridized carbons (Fsp3) is 0.609. The molecule has 35 heavy (non-hydrogen) atoms. The minimum Gasteiger partial charge on any atom is -0.477 e. The molecule has 9 nitrogen and oxygen atoms in total. The predicted molar refractivity (Wildman–Crippen MR) is 128 cm³/mol. The normalized spacial score (nSPS) is 22.7. The van der Waals surface area contributed by atoms with Crippen molar-refractivity contribution in [2.45, 2.75) is 55.1 Å². The van der Waals surface area contributed by atoms with Gasteiger partial charge in [-0.05, 0) is 43.9 Å². The Bertz CT molecular complexity index is 1180. The molecule has 0 bridgehead atoms. The van der Waals surface area contributed by atoms with Gasteiger partial charge in [0.1, 0.15) is 5.82 Å². The lowest BCUT2D eigenvalue weighted by atomic mass is 10.00. The summed E-state index contributed by atoms with van der Waals surface area (Å²) in [6, 6.07) is 3.60. The van der Waals surface area contributed by atoms with Crippen molar-refractivity contribution in [3.05, 3.63) is 29.8 Å². The van der Waals surface area contributed by atoms with Crippen LogP contribution in [-0.4, -0.2) is 79.8 Å². The van der Waals surface area contributed by atoms with Crippen molar-refractivity contribution in [3.8, 4) is 5.75 Å². The molecule has 1 amide bonds. The Hall–Kier alpha value is -2.31. The van der Waals surface area contributed by atoms with Crippen LogP contribution < -0.4 is 9.64 Å². The third kappa shape index (κ3) is 5.29. The summed E-state index contributed by atoms with van der Waals surface area (Å²) in [5.74, 6) is 0.251. The van der Waals surface area contributed by atoms with Crippen LogP contribution >= 0.6 is 11.5 Å². The number of likely N-dealkylation sites (tertiary alicyclic amines) is 1. The van der Waals surface area contributed by atoms with Crippen molar-refractivity contribution in [2.24, 2.45) is 0 Å². The van der Waals surface area contributed by atoms with E-state index in [-0.39, 0.29) is 22.6 Å². The fourth-order valence-corrected chi connectivity index (χ4v) is 6.38. The Balaban J connectivity index is 1.16. The molecule has 1 unspecified atom stereocenters. The number of carbonyl (C=O) groups is 1. The molecule has 12 heteroatoms. The zero-order valence-corrected chi connectivity index (χ0v) is 21.2. The third-order valence-electron chi connectivity index (χ3n) is 6.98. The molecule has 0 spiro atoms. The number of carbonyl (C=O) groups excluding carboxylic acids is 1. The van der Waals surface area contributed by atoms with Crippen molar-refractivity contribution in [3.63, 3.8) is 0 Å². The lowest BCUT2D eigenvalue weighted by molar-refractivity contribution is -0.135. The van der Waals surface area contributed by atoms with Crippen LogP contribution in [0.15, 0.2) is 23.1 Å². The van der Waals surface area contributed by atoms with E-state index in [4.69, 9.17) is 14.5 Å². The van der Waals surface area contributed by atoms with E-state index in [9.17, 15) is 17.6 Å². The Kier molecular flexibility index (Phi) is 6.95. The Labute approximate surface area is 208 Å². The van der Waals surface area contributed by atoms with Crippen LogP contribution in [0.3, 0.4) is 0 Å². The molecule has 3 saturated heterocycles. The summed E-state index contributed by atoms with van der Waals surface area (Å²) in [6.45, 7) is 3.67. The molecule has 2 aromatic rings. The number of amides is 1. The van der Waals surface area contributed by atoms with Crippen molar-refractivity contribution in [1.29, 1.82) is 0 Å². The highest BCUT2D eigenvalue weighted by Crippen LogP contribution is 2.32. The average molecular weight is 525 g/mol. The zero-order valence-electron chi connectivity index (χ0n) is 19.6. The molecule has 3 aliphatic heterocycles. The van der Waals surface area contributed by atoms with Crippen LogP contribution in [0.25, 0.3) is 0 Å². The van der Waals surface area contributed by atoms with Crippen LogP contribution in [0.1, 0.15) is 43.8 Å². The van der Waals surface area contributed by atoms with Gasteiger partial charge >= 0.3 is 0 Å². The van der Waals surface area contributed by atoms with E-state index < -0.39 is 21.8 Å². The van der Waals surface area contributed by atoms with E-state index in [1.807, 2.05) is 4.90 Å². The minimum absolute atomic E-state index is 0.104. The predicted octanol–water partition coefficient (Wildman–Crippen LogP) is 2.62. The molecule has 5 rings (SSSR count). The topological polar surface area (TPSA) is 102 Å². The summed E-state index contributed by atoms with van der Waals surface area (Å²) >= 11 is 1.44. The van der Waals surface area contributed by atoms with Gasteiger partial charge in [-0.15, -0.1) is 0 Å². The van der Waals surface area contributed by atoms with Crippen LogP contribution in [0.2, 0.25) is 0 Å². The Morgan fingerprint density at radius 3 is 2.54 bits per heavy atom. The van der Waals surface area contributed by atoms with Gasteiger partial charge in [0.15, 0.2) is 27.5 Å². The molecule has 190 valence electrons. The van der Waals surface area contributed by atoms with Gasteiger partial charge in [0.25, 0.3) is 5.91 Å². The van der Waals surface area contributed by atoms with Gasteiger partial charge in [0, 0.05) is 69.0 Å². The van der Waals surface area contributed by atoms with Gasteiger partial charge in [-0.3, -0.25) is 4.79 Å². The SMILES string of the molecule is CS(=O)(=O)c1ccc(OC2CCN(C3CCN(c4nc(C5CCOCC5)ns4)CC3)C2=O)c(F)c1. The number of rotatable bonds is 6. The highest BCUT2D eigenvalue weighted by molar-refractivity contribution is 7.90. The van der Waals surface area contributed by atoms with Crippen molar-refractivity contribution >= 4 is 32.4 Å². The number of aromatic nitrogens is 2. The summed E-state index contributed by atoms with van der Waals surface area (Å²) in [5, 5.41) is 0.937. The van der Waals surface area contributed by atoms with Crippen molar-refractivity contribution in [2.75, 3.05) is 44.0 Å². The van der Waals surface area contributed by atoms with E-state index in [0.717, 1.165) is 75.3 Å². The van der Waals surface area contributed by atoms with Gasteiger partial charge in [-0.1, -0.05) is 0 Å².